The normalized spacial score (nSPS) is 15.7. The van der Waals surface area contributed by atoms with Crippen LogP contribution in [0.25, 0.3) is 0 Å². The van der Waals surface area contributed by atoms with Gasteiger partial charge in [0.05, 0.1) is 5.56 Å². The van der Waals surface area contributed by atoms with Crippen molar-refractivity contribution in [1.29, 1.82) is 0 Å². The van der Waals surface area contributed by atoms with Gasteiger partial charge < -0.3 is 19.6 Å². The lowest BCUT2D eigenvalue weighted by atomic mass is 10.0. The first-order valence-electron chi connectivity index (χ1n) is 8.74. The summed E-state index contributed by atoms with van der Waals surface area (Å²) in [6.07, 6.45) is 0.808. The van der Waals surface area contributed by atoms with Crippen LogP contribution in [-0.2, 0) is 4.74 Å². The Bertz CT molecular complexity index is 692. The summed E-state index contributed by atoms with van der Waals surface area (Å²) in [6.45, 7) is 7.91. The molecule has 0 atom stereocenters. The number of piperidine rings is 1. The maximum absolute atomic E-state index is 14.0. The summed E-state index contributed by atoms with van der Waals surface area (Å²) in [5.41, 5.74) is -0.149. The third-order valence-corrected chi connectivity index (χ3v) is 4.50. The second kappa shape index (κ2) is 7.51. The molecule has 1 aliphatic rings. The molecule has 0 aromatic heterocycles. The van der Waals surface area contributed by atoms with E-state index in [9.17, 15) is 19.1 Å². The number of halogens is 1. The van der Waals surface area contributed by atoms with E-state index >= 15 is 0 Å². The molecule has 0 saturated carbocycles. The van der Waals surface area contributed by atoms with Gasteiger partial charge in [0.1, 0.15) is 17.2 Å². The largest absolute Gasteiger partial charge is 0.508 e. The minimum Gasteiger partial charge on any atom is -0.508 e. The van der Waals surface area contributed by atoms with Crippen molar-refractivity contribution in [2.24, 2.45) is 0 Å². The van der Waals surface area contributed by atoms with E-state index < -0.39 is 17.3 Å². The highest BCUT2D eigenvalue weighted by Gasteiger charge is 2.31. The molecule has 1 aromatic carbocycles. The highest BCUT2D eigenvalue weighted by atomic mass is 19.1. The summed E-state index contributed by atoms with van der Waals surface area (Å²) < 4.78 is 19.4. The Morgan fingerprint density at radius 3 is 2.38 bits per heavy atom. The first-order chi connectivity index (χ1) is 12.0. The summed E-state index contributed by atoms with van der Waals surface area (Å²) in [5.74, 6) is -1.30. The van der Waals surface area contributed by atoms with Gasteiger partial charge in [0, 0.05) is 32.2 Å². The molecule has 1 heterocycles. The minimum absolute atomic E-state index is 0.0275. The van der Waals surface area contributed by atoms with Gasteiger partial charge in [-0.05, 0) is 52.2 Å². The lowest BCUT2D eigenvalue weighted by Crippen LogP contribution is -2.48. The SMILES string of the molecule is Cc1cc(C(=O)N2CCC(N(C)C(=O)OC(C)(C)C)CC2)c(F)cc1O. The number of carbonyl (C=O) groups is 2. The van der Waals surface area contributed by atoms with Crippen molar-refractivity contribution in [3.63, 3.8) is 0 Å². The number of nitrogens with zero attached hydrogens (tertiary/aromatic N) is 2. The maximum Gasteiger partial charge on any atom is 0.410 e. The fourth-order valence-corrected chi connectivity index (χ4v) is 2.94. The minimum atomic E-state index is -0.730. The number of likely N-dealkylation sites (tertiary alicyclic amines) is 1. The number of aryl methyl sites for hydroxylation is 1. The molecule has 7 heteroatoms. The van der Waals surface area contributed by atoms with Crippen LogP contribution in [0.1, 0.15) is 49.5 Å². The number of carbonyl (C=O) groups excluding carboxylic acids is 2. The van der Waals surface area contributed by atoms with E-state index in [1.165, 1.54) is 6.07 Å². The van der Waals surface area contributed by atoms with Crippen LogP contribution in [0, 0.1) is 12.7 Å². The molecule has 144 valence electrons. The smallest absolute Gasteiger partial charge is 0.410 e. The standard InChI is InChI=1S/C19H27FN2O4/c1-12-10-14(15(20)11-16(12)23)17(24)22-8-6-13(7-9-22)21(5)18(25)26-19(2,3)4/h10-11,13,23H,6-9H2,1-5H3. The Morgan fingerprint density at radius 1 is 1.27 bits per heavy atom. The van der Waals surface area contributed by atoms with Crippen LogP contribution in [0.4, 0.5) is 9.18 Å². The molecule has 6 nitrogen and oxygen atoms in total. The summed E-state index contributed by atoms with van der Waals surface area (Å²) >= 11 is 0. The Hall–Kier alpha value is -2.31. The van der Waals surface area contributed by atoms with E-state index in [1.807, 2.05) is 20.8 Å². The molecule has 0 bridgehead atoms. The monoisotopic (exact) mass is 366 g/mol. The molecule has 1 aromatic rings. The van der Waals surface area contributed by atoms with E-state index in [-0.39, 0.29) is 23.4 Å². The Morgan fingerprint density at radius 2 is 1.85 bits per heavy atom. The van der Waals surface area contributed by atoms with E-state index in [1.54, 1.807) is 23.8 Å². The molecule has 0 spiro atoms. The zero-order chi connectivity index (χ0) is 19.6. The molecule has 26 heavy (non-hydrogen) atoms. The summed E-state index contributed by atoms with van der Waals surface area (Å²) in [5, 5.41) is 9.53. The molecule has 0 radical (unpaired) electrons. The number of aromatic hydroxyl groups is 1. The number of ether oxygens (including phenoxy) is 1. The van der Waals surface area contributed by atoms with Gasteiger partial charge in [-0.1, -0.05) is 0 Å². The molecule has 2 amide bonds. The van der Waals surface area contributed by atoms with Crippen LogP contribution >= 0.6 is 0 Å². The van der Waals surface area contributed by atoms with Gasteiger partial charge in [0.2, 0.25) is 0 Å². The fraction of sp³-hybridized carbons (Fsp3) is 0.579. The van der Waals surface area contributed by atoms with Crippen molar-refractivity contribution in [3.8, 4) is 5.75 Å². The van der Waals surface area contributed by atoms with Crippen molar-refractivity contribution < 1.29 is 23.8 Å². The number of benzene rings is 1. The van der Waals surface area contributed by atoms with Gasteiger partial charge in [-0.25, -0.2) is 9.18 Å². The van der Waals surface area contributed by atoms with Gasteiger partial charge >= 0.3 is 6.09 Å². The first kappa shape index (κ1) is 20.0. The van der Waals surface area contributed by atoms with Gasteiger partial charge in [0.15, 0.2) is 0 Å². The first-order valence-corrected chi connectivity index (χ1v) is 8.74. The van der Waals surface area contributed by atoms with Crippen LogP contribution in [0.3, 0.4) is 0 Å². The zero-order valence-electron chi connectivity index (χ0n) is 16.0. The molecular formula is C19H27FN2O4. The van der Waals surface area contributed by atoms with E-state index in [0.717, 1.165) is 6.07 Å². The summed E-state index contributed by atoms with van der Waals surface area (Å²) in [6, 6.07) is 2.30. The molecule has 1 saturated heterocycles. The number of phenols is 1. The molecule has 0 aliphatic carbocycles. The maximum atomic E-state index is 14.0. The molecule has 1 N–H and O–H groups in total. The summed E-state index contributed by atoms with van der Waals surface area (Å²) in [7, 11) is 1.69. The second-order valence-corrected chi connectivity index (χ2v) is 7.73. The Balaban J connectivity index is 1.99. The van der Waals surface area contributed by atoms with Crippen LogP contribution in [0.2, 0.25) is 0 Å². The zero-order valence-corrected chi connectivity index (χ0v) is 16.0. The van der Waals surface area contributed by atoms with Crippen molar-refractivity contribution >= 4 is 12.0 Å². The Kier molecular flexibility index (Phi) is 5.78. The average molecular weight is 366 g/mol. The van der Waals surface area contributed by atoms with Gasteiger partial charge in [-0.3, -0.25) is 4.79 Å². The quantitative estimate of drug-likeness (QED) is 0.872. The number of phenolic OH excluding ortho intramolecular Hbond substituents is 1. The topological polar surface area (TPSA) is 70.1 Å². The third kappa shape index (κ3) is 4.65. The van der Waals surface area contributed by atoms with Crippen molar-refractivity contribution in [1.82, 2.24) is 9.80 Å². The highest BCUT2D eigenvalue weighted by molar-refractivity contribution is 5.95. The molecule has 1 aliphatic heterocycles. The van der Waals surface area contributed by atoms with Crippen LogP contribution < -0.4 is 0 Å². The predicted molar refractivity (Wildman–Crippen MR) is 95.7 cm³/mol. The second-order valence-electron chi connectivity index (χ2n) is 7.73. The van der Waals surface area contributed by atoms with Crippen molar-refractivity contribution in [2.45, 2.75) is 52.2 Å². The van der Waals surface area contributed by atoms with E-state index in [2.05, 4.69) is 0 Å². The number of amides is 2. The number of hydrogen-bond donors (Lipinski definition) is 1. The van der Waals surface area contributed by atoms with Gasteiger partial charge in [-0.15, -0.1) is 0 Å². The molecule has 2 rings (SSSR count). The molecule has 1 fully saturated rings. The van der Waals surface area contributed by atoms with Gasteiger partial charge in [0.25, 0.3) is 5.91 Å². The van der Waals surface area contributed by atoms with Gasteiger partial charge in [-0.2, -0.15) is 0 Å². The molecular weight excluding hydrogens is 339 g/mol. The fourth-order valence-electron chi connectivity index (χ4n) is 2.94. The van der Waals surface area contributed by atoms with Crippen LogP contribution in [-0.4, -0.2) is 58.7 Å². The Labute approximate surface area is 153 Å². The predicted octanol–water partition coefficient (Wildman–Crippen LogP) is 3.31. The lowest BCUT2D eigenvalue weighted by molar-refractivity contribution is 0.0155. The summed E-state index contributed by atoms with van der Waals surface area (Å²) in [4.78, 5) is 27.9. The van der Waals surface area contributed by atoms with E-state index in [0.29, 0.717) is 31.5 Å². The van der Waals surface area contributed by atoms with Crippen LogP contribution in [0.15, 0.2) is 12.1 Å². The van der Waals surface area contributed by atoms with Crippen molar-refractivity contribution in [2.75, 3.05) is 20.1 Å². The van der Waals surface area contributed by atoms with E-state index in [4.69, 9.17) is 4.74 Å². The van der Waals surface area contributed by atoms with Crippen LogP contribution in [0.5, 0.6) is 5.75 Å². The third-order valence-electron chi connectivity index (χ3n) is 4.50. The lowest BCUT2D eigenvalue weighted by Gasteiger charge is -2.37. The highest BCUT2D eigenvalue weighted by Crippen LogP contribution is 2.24. The molecule has 0 unspecified atom stereocenters. The van der Waals surface area contributed by atoms with Crippen molar-refractivity contribution in [3.05, 3.63) is 29.1 Å². The number of hydrogen-bond acceptors (Lipinski definition) is 4. The number of rotatable bonds is 2. The average Bonchev–Trinajstić information content (AvgIpc) is 2.55.